The Morgan fingerprint density at radius 3 is 2.47 bits per heavy atom. The summed E-state index contributed by atoms with van der Waals surface area (Å²) in [6, 6.07) is 5.59. The van der Waals surface area contributed by atoms with E-state index in [9.17, 15) is 0 Å². The lowest BCUT2D eigenvalue weighted by atomic mass is 10.3. The summed E-state index contributed by atoms with van der Waals surface area (Å²) in [5, 5.41) is 2.29. The van der Waals surface area contributed by atoms with Crippen LogP contribution in [0.4, 0.5) is 5.82 Å². The second kappa shape index (κ2) is 5.96. The monoisotopic (exact) mass is 314 g/mol. The van der Waals surface area contributed by atoms with Gasteiger partial charge in [0.15, 0.2) is 5.82 Å². The number of nitrogens with two attached hydrogens (primary N) is 1. The Kier molecular flexibility index (Phi) is 4.52. The van der Waals surface area contributed by atoms with Gasteiger partial charge in [-0.05, 0) is 49.4 Å². The van der Waals surface area contributed by atoms with Gasteiger partial charge in [0.2, 0.25) is 0 Å². The fourth-order valence-electron chi connectivity index (χ4n) is 1.58. The highest BCUT2D eigenvalue weighted by atomic mass is 35.5. The standard InChI is InChI=1S/C12H12Cl2N4S/c1-6-3-7(2)16-10(4-6)19-12-9(14)5-8(13)11(17-12)18-15/h3-5H,15H2,1-2H3,(H,17,18). The quantitative estimate of drug-likeness (QED) is 0.665. The number of nitrogens with zero attached hydrogens (tertiary/aromatic N) is 2. The molecule has 7 heteroatoms. The van der Waals surface area contributed by atoms with Crippen LogP contribution in [0, 0.1) is 13.8 Å². The van der Waals surface area contributed by atoms with Crippen LogP contribution in [-0.2, 0) is 0 Å². The van der Waals surface area contributed by atoms with Crippen molar-refractivity contribution in [2.24, 2.45) is 5.84 Å². The van der Waals surface area contributed by atoms with Crippen LogP contribution in [0.3, 0.4) is 0 Å². The number of hydrazine groups is 1. The zero-order valence-electron chi connectivity index (χ0n) is 10.4. The van der Waals surface area contributed by atoms with Crippen molar-refractivity contribution in [2.75, 3.05) is 5.43 Å². The molecule has 4 nitrogen and oxygen atoms in total. The van der Waals surface area contributed by atoms with Crippen molar-refractivity contribution >= 4 is 40.8 Å². The predicted molar refractivity (Wildman–Crippen MR) is 79.9 cm³/mol. The van der Waals surface area contributed by atoms with Crippen molar-refractivity contribution in [3.63, 3.8) is 0 Å². The lowest BCUT2D eigenvalue weighted by molar-refractivity contribution is 1.03. The van der Waals surface area contributed by atoms with Gasteiger partial charge in [-0.15, -0.1) is 0 Å². The van der Waals surface area contributed by atoms with Crippen molar-refractivity contribution in [1.29, 1.82) is 0 Å². The topological polar surface area (TPSA) is 63.8 Å². The molecule has 0 aromatic carbocycles. The number of nitrogens with one attached hydrogen (secondary N) is 1. The maximum Gasteiger partial charge on any atom is 0.160 e. The van der Waals surface area contributed by atoms with Crippen LogP contribution in [0.15, 0.2) is 28.3 Å². The molecule has 2 aromatic heterocycles. The summed E-state index contributed by atoms with van der Waals surface area (Å²) in [5.41, 5.74) is 4.52. The van der Waals surface area contributed by atoms with Crippen molar-refractivity contribution in [3.05, 3.63) is 39.5 Å². The highest BCUT2D eigenvalue weighted by Gasteiger charge is 2.11. The van der Waals surface area contributed by atoms with E-state index in [2.05, 4.69) is 15.4 Å². The first-order valence-electron chi connectivity index (χ1n) is 5.45. The van der Waals surface area contributed by atoms with Gasteiger partial charge < -0.3 is 5.43 Å². The minimum atomic E-state index is 0.380. The minimum absolute atomic E-state index is 0.380. The Labute approximate surface area is 125 Å². The fraction of sp³-hybridized carbons (Fsp3) is 0.167. The Hall–Kier alpha value is -1.01. The van der Waals surface area contributed by atoms with E-state index in [1.54, 1.807) is 6.07 Å². The summed E-state index contributed by atoms with van der Waals surface area (Å²) >= 11 is 13.4. The molecule has 0 saturated carbocycles. The minimum Gasteiger partial charge on any atom is -0.307 e. The third kappa shape index (κ3) is 3.51. The number of pyridine rings is 2. The number of aryl methyl sites for hydroxylation is 2. The number of aromatic nitrogens is 2. The predicted octanol–water partition coefficient (Wildman–Crippen LogP) is 3.84. The number of rotatable bonds is 3. The Balaban J connectivity index is 2.37. The zero-order valence-corrected chi connectivity index (χ0v) is 12.7. The Bertz CT molecular complexity index is 599. The molecule has 0 aliphatic rings. The SMILES string of the molecule is Cc1cc(C)nc(Sc2nc(NN)c(Cl)cc2Cl)c1. The molecule has 2 rings (SSSR count). The van der Waals surface area contributed by atoms with Gasteiger partial charge in [-0.2, -0.15) is 0 Å². The largest absolute Gasteiger partial charge is 0.307 e. The molecule has 0 atom stereocenters. The van der Waals surface area contributed by atoms with Crippen molar-refractivity contribution in [2.45, 2.75) is 23.9 Å². The molecular formula is C12H12Cl2N4S. The van der Waals surface area contributed by atoms with E-state index < -0.39 is 0 Å². The van der Waals surface area contributed by atoms with E-state index in [0.717, 1.165) is 16.3 Å². The van der Waals surface area contributed by atoms with E-state index in [1.807, 2.05) is 26.0 Å². The number of hydrogen-bond acceptors (Lipinski definition) is 5. The Morgan fingerprint density at radius 2 is 1.84 bits per heavy atom. The van der Waals surface area contributed by atoms with E-state index in [0.29, 0.717) is 20.9 Å². The van der Waals surface area contributed by atoms with E-state index >= 15 is 0 Å². The number of anilines is 1. The lowest BCUT2D eigenvalue weighted by Gasteiger charge is -2.08. The smallest absolute Gasteiger partial charge is 0.160 e. The van der Waals surface area contributed by atoms with E-state index in [1.165, 1.54) is 11.8 Å². The molecule has 19 heavy (non-hydrogen) atoms. The molecule has 0 amide bonds. The van der Waals surface area contributed by atoms with Gasteiger partial charge in [0.05, 0.1) is 10.0 Å². The average Bonchev–Trinajstić information content (AvgIpc) is 2.31. The molecule has 0 fully saturated rings. The molecule has 0 aliphatic carbocycles. The fourth-order valence-corrected chi connectivity index (χ4v) is 3.03. The lowest BCUT2D eigenvalue weighted by Crippen LogP contribution is -2.09. The third-order valence-electron chi connectivity index (χ3n) is 2.31. The molecule has 2 aromatic rings. The summed E-state index contributed by atoms with van der Waals surface area (Å²) in [6.45, 7) is 3.96. The summed E-state index contributed by atoms with van der Waals surface area (Å²) in [4.78, 5) is 8.70. The summed E-state index contributed by atoms with van der Waals surface area (Å²) in [6.07, 6.45) is 0. The second-order valence-corrected chi connectivity index (χ2v) is 5.80. The van der Waals surface area contributed by atoms with Crippen LogP contribution in [0.25, 0.3) is 0 Å². The maximum absolute atomic E-state index is 6.12. The van der Waals surface area contributed by atoms with Crippen LogP contribution in [0.1, 0.15) is 11.3 Å². The third-order valence-corrected chi connectivity index (χ3v) is 3.92. The summed E-state index contributed by atoms with van der Waals surface area (Å²) < 4.78 is 0. The first-order chi connectivity index (χ1) is 8.99. The molecule has 100 valence electrons. The van der Waals surface area contributed by atoms with Gasteiger partial charge in [0.25, 0.3) is 0 Å². The number of halogens is 2. The first kappa shape index (κ1) is 14.4. The molecule has 2 heterocycles. The summed E-state index contributed by atoms with van der Waals surface area (Å²) in [5.74, 6) is 5.73. The van der Waals surface area contributed by atoms with Gasteiger partial charge >= 0.3 is 0 Å². The van der Waals surface area contributed by atoms with Gasteiger partial charge in [-0.25, -0.2) is 15.8 Å². The van der Waals surface area contributed by atoms with Crippen molar-refractivity contribution in [1.82, 2.24) is 9.97 Å². The van der Waals surface area contributed by atoms with Crippen LogP contribution >= 0.6 is 35.0 Å². The maximum atomic E-state index is 6.12. The van der Waals surface area contributed by atoms with Crippen LogP contribution in [0.2, 0.25) is 10.0 Å². The second-order valence-electron chi connectivity index (χ2n) is 3.98. The molecule has 0 bridgehead atoms. The van der Waals surface area contributed by atoms with Gasteiger partial charge in [-0.1, -0.05) is 23.2 Å². The van der Waals surface area contributed by atoms with Gasteiger partial charge in [0, 0.05) is 5.69 Å². The van der Waals surface area contributed by atoms with Crippen molar-refractivity contribution < 1.29 is 0 Å². The molecule has 3 N–H and O–H groups in total. The molecule has 0 spiro atoms. The van der Waals surface area contributed by atoms with Crippen LogP contribution in [0.5, 0.6) is 0 Å². The Morgan fingerprint density at radius 1 is 1.11 bits per heavy atom. The first-order valence-corrected chi connectivity index (χ1v) is 7.02. The molecular weight excluding hydrogens is 303 g/mol. The zero-order chi connectivity index (χ0) is 14.0. The summed E-state index contributed by atoms with van der Waals surface area (Å²) in [7, 11) is 0. The molecule has 0 saturated heterocycles. The average molecular weight is 315 g/mol. The molecule has 0 aliphatic heterocycles. The van der Waals surface area contributed by atoms with Gasteiger partial charge in [-0.3, -0.25) is 0 Å². The highest BCUT2D eigenvalue weighted by molar-refractivity contribution is 7.99. The normalized spacial score (nSPS) is 10.6. The molecule has 0 radical (unpaired) electrons. The number of hydrogen-bond donors (Lipinski definition) is 2. The van der Waals surface area contributed by atoms with Crippen molar-refractivity contribution in [3.8, 4) is 0 Å². The molecule has 0 unspecified atom stereocenters. The van der Waals surface area contributed by atoms with E-state index in [-0.39, 0.29) is 0 Å². The van der Waals surface area contributed by atoms with Crippen LogP contribution < -0.4 is 11.3 Å². The van der Waals surface area contributed by atoms with E-state index in [4.69, 9.17) is 29.0 Å². The van der Waals surface area contributed by atoms with Crippen LogP contribution in [-0.4, -0.2) is 9.97 Å². The highest BCUT2D eigenvalue weighted by Crippen LogP contribution is 2.35. The number of nitrogen functional groups attached to an aromatic ring is 1. The van der Waals surface area contributed by atoms with Gasteiger partial charge in [0.1, 0.15) is 10.1 Å².